The molecule has 1 amide bonds. The molecule has 1 saturated heterocycles. The van der Waals surface area contributed by atoms with Crippen LogP contribution in [-0.2, 0) is 24.3 Å². The van der Waals surface area contributed by atoms with Gasteiger partial charge in [-0.15, -0.1) is 0 Å². The van der Waals surface area contributed by atoms with E-state index in [4.69, 9.17) is 4.74 Å². The van der Waals surface area contributed by atoms with Gasteiger partial charge in [-0.3, -0.25) is 9.59 Å². The standard InChI is InChI=1S/C21H30N2O5S/c1-16(20(24)22-18-8-4-2-5-9-18)28-21(25)17-12-14-23(15-13-17)29(26,27)19-10-6-3-7-11-19/h3,6-7,10-11,16-18H,2,4-5,8-9,12-15H2,1H3,(H,22,24). The smallest absolute Gasteiger partial charge is 0.309 e. The summed E-state index contributed by atoms with van der Waals surface area (Å²) < 4.78 is 32.1. The first kappa shape index (κ1) is 21.8. The van der Waals surface area contributed by atoms with Crippen LogP contribution in [0.15, 0.2) is 35.2 Å². The lowest BCUT2D eigenvalue weighted by Gasteiger charge is -2.30. The van der Waals surface area contributed by atoms with E-state index in [1.165, 1.54) is 10.7 Å². The van der Waals surface area contributed by atoms with Crippen molar-refractivity contribution in [1.29, 1.82) is 0 Å². The van der Waals surface area contributed by atoms with Crippen LogP contribution >= 0.6 is 0 Å². The summed E-state index contributed by atoms with van der Waals surface area (Å²) in [6.07, 6.45) is 5.32. The Bertz CT molecular complexity index is 798. The van der Waals surface area contributed by atoms with E-state index in [1.54, 1.807) is 37.3 Å². The molecule has 29 heavy (non-hydrogen) atoms. The SMILES string of the molecule is CC(OC(=O)C1CCN(S(=O)(=O)c2ccccc2)CC1)C(=O)NC1CCCCC1. The summed E-state index contributed by atoms with van der Waals surface area (Å²) in [5.74, 6) is -1.07. The van der Waals surface area contributed by atoms with Crippen molar-refractivity contribution in [2.45, 2.75) is 68.9 Å². The third kappa shape index (κ3) is 5.57. The van der Waals surface area contributed by atoms with Gasteiger partial charge in [-0.25, -0.2) is 8.42 Å². The van der Waals surface area contributed by atoms with Gasteiger partial charge in [0.25, 0.3) is 5.91 Å². The number of esters is 1. The fourth-order valence-corrected chi connectivity index (χ4v) is 5.45. The fourth-order valence-electron chi connectivity index (χ4n) is 3.96. The Morgan fingerprint density at radius 3 is 2.28 bits per heavy atom. The second-order valence-corrected chi connectivity index (χ2v) is 9.85. The number of carbonyl (C=O) groups is 2. The number of benzene rings is 1. The number of ether oxygens (including phenoxy) is 1. The molecule has 0 radical (unpaired) electrons. The normalized spacial score (nSPS) is 20.7. The number of hydrogen-bond donors (Lipinski definition) is 1. The molecule has 0 spiro atoms. The van der Waals surface area contributed by atoms with Crippen molar-refractivity contribution in [2.24, 2.45) is 5.92 Å². The summed E-state index contributed by atoms with van der Waals surface area (Å²) in [6.45, 7) is 2.12. The predicted octanol–water partition coefficient (Wildman–Crippen LogP) is 2.47. The first-order valence-electron chi connectivity index (χ1n) is 10.4. The molecule has 160 valence electrons. The lowest BCUT2D eigenvalue weighted by molar-refractivity contribution is -0.160. The lowest BCUT2D eigenvalue weighted by atomic mass is 9.95. The molecular weight excluding hydrogens is 392 g/mol. The molecule has 1 unspecified atom stereocenters. The predicted molar refractivity (Wildman–Crippen MR) is 108 cm³/mol. The number of hydrogen-bond acceptors (Lipinski definition) is 5. The van der Waals surface area contributed by atoms with E-state index in [0.717, 1.165) is 25.7 Å². The van der Waals surface area contributed by atoms with Gasteiger partial charge in [-0.1, -0.05) is 37.5 Å². The van der Waals surface area contributed by atoms with Crippen LogP contribution < -0.4 is 5.32 Å². The zero-order chi connectivity index (χ0) is 20.9. The molecule has 1 aromatic rings. The molecule has 0 bridgehead atoms. The van der Waals surface area contributed by atoms with Gasteiger partial charge >= 0.3 is 5.97 Å². The molecule has 1 heterocycles. The molecule has 2 aliphatic rings. The van der Waals surface area contributed by atoms with Crippen LogP contribution in [0, 0.1) is 5.92 Å². The van der Waals surface area contributed by atoms with Gasteiger partial charge < -0.3 is 10.1 Å². The summed E-state index contributed by atoms with van der Waals surface area (Å²) in [5.41, 5.74) is 0. The Labute approximate surface area is 172 Å². The molecule has 1 saturated carbocycles. The highest BCUT2D eigenvalue weighted by molar-refractivity contribution is 7.89. The van der Waals surface area contributed by atoms with E-state index >= 15 is 0 Å². The van der Waals surface area contributed by atoms with Crippen LogP contribution in [0.4, 0.5) is 0 Å². The monoisotopic (exact) mass is 422 g/mol. The first-order chi connectivity index (χ1) is 13.9. The Kier molecular flexibility index (Phi) is 7.29. The molecular formula is C21H30N2O5S. The van der Waals surface area contributed by atoms with E-state index in [1.807, 2.05) is 0 Å². The zero-order valence-corrected chi connectivity index (χ0v) is 17.7. The maximum Gasteiger partial charge on any atom is 0.309 e. The van der Waals surface area contributed by atoms with Crippen LogP contribution in [0.1, 0.15) is 51.9 Å². The van der Waals surface area contributed by atoms with Crippen LogP contribution in [0.2, 0.25) is 0 Å². The third-order valence-electron chi connectivity index (χ3n) is 5.78. The lowest BCUT2D eigenvalue weighted by Crippen LogP contribution is -2.44. The summed E-state index contributed by atoms with van der Waals surface area (Å²) in [4.78, 5) is 25.0. The minimum Gasteiger partial charge on any atom is -0.452 e. The first-order valence-corrected chi connectivity index (χ1v) is 11.9. The minimum absolute atomic E-state index is 0.170. The Morgan fingerprint density at radius 1 is 1.03 bits per heavy atom. The molecule has 3 rings (SSSR count). The number of nitrogens with one attached hydrogen (secondary N) is 1. The maximum atomic E-state index is 12.7. The van der Waals surface area contributed by atoms with Gasteiger partial charge in [0, 0.05) is 19.1 Å². The molecule has 1 aromatic carbocycles. The van der Waals surface area contributed by atoms with E-state index in [0.29, 0.717) is 12.8 Å². The van der Waals surface area contributed by atoms with Crippen LogP contribution in [0.5, 0.6) is 0 Å². The van der Waals surface area contributed by atoms with E-state index in [-0.39, 0.29) is 35.9 Å². The van der Waals surface area contributed by atoms with Crippen molar-refractivity contribution in [2.75, 3.05) is 13.1 Å². The summed E-state index contributed by atoms with van der Waals surface area (Å²) in [6, 6.07) is 8.47. The largest absolute Gasteiger partial charge is 0.452 e. The van der Waals surface area contributed by atoms with Gasteiger partial charge in [0.15, 0.2) is 6.10 Å². The fraction of sp³-hybridized carbons (Fsp3) is 0.619. The van der Waals surface area contributed by atoms with Crippen molar-refractivity contribution in [1.82, 2.24) is 9.62 Å². The molecule has 8 heteroatoms. The van der Waals surface area contributed by atoms with Gasteiger partial charge in [-0.2, -0.15) is 4.31 Å². The quantitative estimate of drug-likeness (QED) is 0.711. The van der Waals surface area contributed by atoms with E-state index in [2.05, 4.69) is 5.32 Å². The highest BCUT2D eigenvalue weighted by atomic mass is 32.2. The van der Waals surface area contributed by atoms with Crippen LogP contribution in [0.25, 0.3) is 0 Å². The summed E-state index contributed by atoms with van der Waals surface area (Å²) in [5, 5.41) is 2.97. The number of rotatable bonds is 6. The Hall–Kier alpha value is -1.93. The summed E-state index contributed by atoms with van der Waals surface area (Å²) >= 11 is 0. The van der Waals surface area contributed by atoms with E-state index < -0.39 is 22.1 Å². The molecule has 2 fully saturated rings. The van der Waals surface area contributed by atoms with Crippen LogP contribution in [0.3, 0.4) is 0 Å². The topological polar surface area (TPSA) is 92.8 Å². The van der Waals surface area contributed by atoms with Crippen molar-refractivity contribution in [3.05, 3.63) is 30.3 Å². The van der Waals surface area contributed by atoms with Crippen molar-refractivity contribution < 1.29 is 22.7 Å². The highest BCUT2D eigenvalue weighted by Crippen LogP contribution is 2.25. The van der Waals surface area contributed by atoms with Crippen molar-refractivity contribution in [3.8, 4) is 0 Å². The maximum absolute atomic E-state index is 12.7. The Balaban J connectivity index is 1.47. The van der Waals surface area contributed by atoms with E-state index in [9.17, 15) is 18.0 Å². The van der Waals surface area contributed by atoms with Gasteiger partial charge in [0.1, 0.15) is 0 Å². The number of carbonyl (C=O) groups excluding carboxylic acids is 2. The molecule has 1 N–H and O–H groups in total. The number of amides is 1. The van der Waals surface area contributed by atoms with Crippen molar-refractivity contribution in [3.63, 3.8) is 0 Å². The molecule has 1 aliphatic carbocycles. The number of nitrogens with zero attached hydrogens (tertiary/aromatic N) is 1. The average Bonchev–Trinajstić information content (AvgIpc) is 2.75. The second kappa shape index (κ2) is 9.71. The van der Waals surface area contributed by atoms with Crippen molar-refractivity contribution >= 4 is 21.9 Å². The molecule has 7 nitrogen and oxygen atoms in total. The van der Waals surface area contributed by atoms with Gasteiger partial charge in [-0.05, 0) is 44.7 Å². The zero-order valence-electron chi connectivity index (χ0n) is 16.9. The van der Waals surface area contributed by atoms with Crippen LogP contribution in [-0.4, -0.2) is 49.8 Å². The minimum atomic E-state index is -3.55. The summed E-state index contributed by atoms with van der Waals surface area (Å²) in [7, 11) is -3.55. The molecule has 1 aliphatic heterocycles. The third-order valence-corrected chi connectivity index (χ3v) is 7.69. The number of sulfonamides is 1. The highest BCUT2D eigenvalue weighted by Gasteiger charge is 2.34. The molecule has 0 aromatic heterocycles. The Morgan fingerprint density at radius 2 is 1.66 bits per heavy atom. The second-order valence-electron chi connectivity index (χ2n) is 7.91. The average molecular weight is 423 g/mol. The van der Waals surface area contributed by atoms with Gasteiger partial charge in [0.2, 0.25) is 10.0 Å². The number of piperidine rings is 1. The van der Waals surface area contributed by atoms with Gasteiger partial charge in [0.05, 0.1) is 10.8 Å². The molecule has 1 atom stereocenters.